The van der Waals surface area contributed by atoms with Gasteiger partial charge in [0.1, 0.15) is 5.76 Å². The van der Waals surface area contributed by atoms with Crippen LogP contribution in [-0.2, 0) is 13.0 Å². The molecule has 0 spiro atoms. The van der Waals surface area contributed by atoms with Crippen LogP contribution >= 0.6 is 15.9 Å². The van der Waals surface area contributed by atoms with E-state index in [1.165, 1.54) is 5.56 Å². The third kappa shape index (κ3) is 3.51. The summed E-state index contributed by atoms with van der Waals surface area (Å²) in [5, 5.41) is 3.38. The van der Waals surface area contributed by atoms with Gasteiger partial charge in [-0.3, -0.25) is 0 Å². The first kappa shape index (κ1) is 11.4. The smallest absolute Gasteiger partial charge is 0.105 e. The maximum Gasteiger partial charge on any atom is 0.105 e. The van der Waals surface area contributed by atoms with E-state index in [0.29, 0.717) is 0 Å². The van der Waals surface area contributed by atoms with Crippen molar-refractivity contribution in [1.82, 2.24) is 5.32 Å². The molecular formula is C13H14BrNO. The maximum atomic E-state index is 5.26. The topological polar surface area (TPSA) is 25.2 Å². The molecule has 2 aromatic rings. The zero-order chi connectivity index (χ0) is 11.2. The fourth-order valence-corrected chi connectivity index (χ4v) is 1.77. The fourth-order valence-electron chi connectivity index (χ4n) is 1.50. The highest BCUT2D eigenvalue weighted by Crippen LogP contribution is 2.10. The Kier molecular flexibility index (Phi) is 4.19. The van der Waals surface area contributed by atoms with Gasteiger partial charge in [-0.15, -0.1) is 0 Å². The van der Waals surface area contributed by atoms with E-state index >= 15 is 0 Å². The normalized spacial score (nSPS) is 10.6. The van der Waals surface area contributed by atoms with Crippen LogP contribution in [0.1, 0.15) is 11.3 Å². The molecule has 0 fully saturated rings. The van der Waals surface area contributed by atoms with Crippen LogP contribution in [-0.4, -0.2) is 6.54 Å². The summed E-state index contributed by atoms with van der Waals surface area (Å²) >= 11 is 3.42. The Hall–Kier alpha value is -1.06. The molecule has 0 radical (unpaired) electrons. The molecule has 1 aromatic heterocycles. The van der Waals surface area contributed by atoms with Gasteiger partial charge in [-0.2, -0.15) is 0 Å². The molecule has 0 aliphatic rings. The van der Waals surface area contributed by atoms with Gasteiger partial charge in [0.25, 0.3) is 0 Å². The summed E-state index contributed by atoms with van der Waals surface area (Å²) in [7, 11) is 0. The average Bonchev–Trinajstić information content (AvgIpc) is 2.80. The summed E-state index contributed by atoms with van der Waals surface area (Å²) in [5.41, 5.74) is 1.29. The van der Waals surface area contributed by atoms with E-state index in [0.717, 1.165) is 29.7 Å². The predicted octanol–water partition coefficient (Wildman–Crippen LogP) is 3.37. The molecule has 16 heavy (non-hydrogen) atoms. The molecule has 0 amide bonds. The van der Waals surface area contributed by atoms with Crippen LogP contribution in [0.4, 0.5) is 0 Å². The molecule has 0 saturated carbocycles. The standard InChI is InChI=1S/C13H14BrNO/c14-12-5-3-11(4-6-12)10-15-8-7-13-2-1-9-16-13/h1-6,9,15H,7-8,10H2. The number of benzene rings is 1. The second kappa shape index (κ2) is 5.87. The third-order valence-corrected chi connectivity index (χ3v) is 2.90. The Morgan fingerprint density at radius 1 is 1.12 bits per heavy atom. The van der Waals surface area contributed by atoms with Gasteiger partial charge in [0, 0.05) is 24.0 Å². The molecule has 1 N–H and O–H groups in total. The van der Waals surface area contributed by atoms with Crippen LogP contribution in [0.2, 0.25) is 0 Å². The second-order valence-corrected chi connectivity index (χ2v) is 4.55. The van der Waals surface area contributed by atoms with Gasteiger partial charge >= 0.3 is 0 Å². The molecule has 0 atom stereocenters. The Balaban J connectivity index is 1.70. The summed E-state index contributed by atoms with van der Waals surface area (Å²) in [5.74, 6) is 1.03. The highest BCUT2D eigenvalue weighted by molar-refractivity contribution is 9.10. The van der Waals surface area contributed by atoms with Crippen molar-refractivity contribution in [3.63, 3.8) is 0 Å². The van der Waals surface area contributed by atoms with Crippen molar-refractivity contribution in [2.24, 2.45) is 0 Å². The molecular weight excluding hydrogens is 266 g/mol. The van der Waals surface area contributed by atoms with E-state index < -0.39 is 0 Å². The van der Waals surface area contributed by atoms with Crippen LogP contribution in [0, 0.1) is 0 Å². The van der Waals surface area contributed by atoms with E-state index in [9.17, 15) is 0 Å². The molecule has 2 nitrogen and oxygen atoms in total. The number of hydrogen-bond donors (Lipinski definition) is 1. The lowest BCUT2D eigenvalue weighted by molar-refractivity contribution is 0.499. The molecule has 0 aliphatic carbocycles. The van der Waals surface area contributed by atoms with Crippen molar-refractivity contribution in [3.8, 4) is 0 Å². The minimum absolute atomic E-state index is 0.897. The SMILES string of the molecule is Brc1ccc(CNCCc2ccco2)cc1. The van der Waals surface area contributed by atoms with Crippen molar-refractivity contribution in [2.45, 2.75) is 13.0 Å². The van der Waals surface area contributed by atoms with Gasteiger partial charge in [0.15, 0.2) is 0 Å². The maximum absolute atomic E-state index is 5.26. The third-order valence-electron chi connectivity index (χ3n) is 2.37. The lowest BCUT2D eigenvalue weighted by Gasteiger charge is -2.03. The molecule has 0 saturated heterocycles. The van der Waals surface area contributed by atoms with E-state index in [2.05, 4.69) is 45.5 Å². The van der Waals surface area contributed by atoms with Crippen molar-refractivity contribution < 1.29 is 4.42 Å². The van der Waals surface area contributed by atoms with Crippen molar-refractivity contribution in [1.29, 1.82) is 0 Å². The van der Waals surface area contributed by atoms with Crippen LogP contribution < -0.4 is 5.32 Å². The first-order chi connectivity index (χ1) is 7.84. The predicted molar refractivity (Wildman–Crippen MR) is 68.3 cm³/mol. The van der Waals surface area contributed by atoms with Crippen molar-refractivity contribution in [2.75, 3.05) is 6.54 Å². The second-order valence-electron chi connectivity index (χ2n) is 3.63. The first-order valence-electron chi connectivity index (χ1n) is 5.32. The Bertz CT molecular complexity index is 408. The minimum Gasteiger partial charge on any atom is -0.469 e. The number of furan rings is 1. The van der Waals surface area contributed by atoms with Crippen molar-refractivity contribution >= 4 is 15.9 Å². The van der Waals surface area contributed by atoms with Gasteiger partial charge in [-0.05, 0) is 29.8 Å². The van der Waals surface area contributed by atoms with Gasteiger partial charge in [0.05, 0.1) is 6.26 Å². The van der Waals surface area contributed by atoms with Gasteiger partial charge in [0.2, 0.25) is 0 Å². The Labute approximate surface area is 104 Å². The van der Waals surface area contributed by atoms with E-state index in [-0.39, 0.29) is 0 Å². The van der Waals surface area contributed by atoms with Crippen LogP contribution in [0.5, 0.6) is 0 Å². The fraction of sp³-hybridized carbons (Fsp3) is 0.231. The monoisotopic (exact) mass is 279 g/mol. The summed E-state index contributed by atoms with van der Waals surface area (Å²) in [6.07, 6.45) is 2.65. The summed E-state index contributed by atoms with van der Waals surface area (Å²) < 4.78 is 6.37. The van der Waals surface area contributed by atoms with E-state index in [1.54, 1.807) is 6.26 Å². The highest BCUT2D eigenvalue weighted by Gasteiger charge is 1.96. The van der Waals surface area contributed by atoms with Gasteiger partial charge in [-0.1, -0.05) is 28.1 Å². The van der Waals surface area contributed by atoms with Crippen LogP contribution in [0.3, 0.4) is 0 Å². The zero-order valence-electron chi connectivity index (χ0n) is 8.95. The van der Waals surface area contributed by atoms with Crippen LogP contribution in [0.25, 0.3) is 0 Å². The zero-order valence-corrected chi connectivity index (χ0v) is 10.5. The first-order valence-corrected chi connectivity index (χ1v) is 6.11. The molecule has 0 bridgehead atoms. The molecule has 1 aromatic carbocycles. The van der Waals surface area contributed by atoms with E-state index in [4.69, 9.17) is 4.42 Å². The Morgan fingerprint density at radius 3 is 2.62 bits per heavy atom. The number of rotatable bonds is 5. The molecule has 2 rings (SSSR count). The lowest BCUT2D eigenvalue weighted by atomic mass is 10.2. The molecule has 3 heteroatoms. The van der Waals surface area contributed by atoms with Gasteiger partial charge < -0.3 is 9.73 Å². The summed E-state index contributed by atoms with van der Waals surface area (Å²) in [4.78, 5) is 0. The quantitative estimate of drug-likeness (QED) is 0.849. The molecule has 0 aliphatic heterocycles. The Morgan fingerprint density at radius 2 is 1.94 bits per heavy atom. The molecule has 1 heterocycles. The summed E-state index contributed by atoms with van der Waals surface area (Å²) in [6, 6.07) is 12.3. The molecule has 0 unspecified atom stereocenters. The number of hydrogen-bond acceptors (Lipinski definition) is 2. The summed E-state index contributed by atoms with van der Waals surface area (Å²) in [6.45, 7) is 1.83. The van der Waals surface area contributed by atoms with E-state index in [1.807, 2.05) is 12.1 Å². The molecule has 84 valence electrons. The number of halogens is 1. The highest BCUT2D eigenvalue weighted by atomic mass is 79.9. The van der Waals surface area contributed by atoms with Crippen LogP contribution in [0.15, 0.2) is 51.6 Å². The van der Waals surface area contributed by atoms with Gasteiger partial charge in [-0.25, -0.2) is 0 Å². The minimum atomic E-state index is 0.897. The van der Waals surface area contributed by atoms with Crippen molar-refractivity contribution in [3.05, 3.63) is 58.5 Å². The lowest BCUT2D eigenvalue weighted by Crippen LogP contribution is -2.16. The largest absolute Gasteiger partial charge is 0.469 e. The average molecular weight is 280 g/mol. The number of nitrogens with one attached hydrogen (secondary N) is 1.